The maximum absolute atomic E-state index is 12.3. The molecule has 0 saturated heterocycles. The number of halogens is 1. The van der Waals surface area contributed by atoms with Crippen LogP contribution in [0.2, 0.25) is 0 Å². The second-order valence-electron chi connectivity index (χ2n) is 5.77. The molecule has 0 aliphatic heterocycles. The molecule has 0 saturated carbocycles. The summed E-state index contributed by atoms with van der Waals surface area (Å²) >= 11 is 3.46. The molecular formula is C20H18BrNO2. The third-order valence-corrected chi connectivity index (χ3v) is 4.23. The molecule has 3 aromatic carbocycles. The van der Waals surface area contributed by atoms with Crippen LogP contribution in [0, 0.1) is 6.92 Å². The summed E-state index contributed by atoms with van der Waals surface area (Å²) < 4.78 is 6.83. The summed E-state index contributed by atoms with van der Waals surface area (Å²) in [5.41, 5.74) is 1.88. The SMILES string of the molecule is Cc1cccc(NC(=O)[C@H](C)Oc2ccc3cc(Br)ccc3c2)c1. The van der Waals surface area contributed by atoms with Crippen LogP contribution in [0.5, 0.6) is 5.75 Å². The first kappa shape index (κ1) is 16.5. The molecule has 1 atom stereocenters. The first-order chi connectivity index (χ1) is 11.5. The van der Waals surface area contributed by atoms with E-state index in [9.17, 15) is 4.79 Å². The van der Waals surface area contributed by atoms with Crippen LogP contribution in [-0.2, 0) is 4.79 Å². The molecule has 3 rings (SSSR count). The van der Waals surface area contributed by atoms with E-state index in [2.05, 4.69) is 21.2 Å². The van der Waals surface area contributed by atoms with Gasteiger partial charge in [-0.15, -0.1) is 0 Å². The Morgan fingerprint density at radius 1 is 1.04 bits per heavy atom. The molecule has 4 heteroatoms. The number of hydrogen-bond donors (Lipinski definition) is 1. The van der Waals surface area contributed by atoms with E-state index in [-0.39, 0.29) is 5.91 Å². The Morgan fingerprint density at radius 2 is 1.79 bits per heavy atom. The monoisotopic (exact) mass is 383 g/mol. The summed E-state index contributed by atoms with van der Waals surface area (Å²) in [7, 11) is 0. The summed E-state index contributed by atoms with van der Waals surface area (Å²) in [6, 6.07) is 19.6. The van der Waals surface area contributed by atoms with E-state index >= 15 is 0 Å². The quantitative estimate of drug-likeness (QED) is 0.662. The van der Waals surface area contributed by atoms with Gasteiger partial charge in [-0.05, 0) is 66.6 Å². The summed E-state index contributed by atoms with van der Waals surface area (Å²) in [6.07, 6.45) is -0.585. The van der Waals surface area contributed by atoms with Gasteiger partial charge in [0.05, 0.1) is 0 Å². The summed E-state index contributed by atoms with van der Waals surface area (Å²) in [4.78, 5) is 12.3. The number of rotatable bonds is 4. The Hall–Kier alpha value is -2.33. The van der Waals surface area contributed by atoms with Crippen LogP contribution in [0.1, 0.15) is 12.5 Å². The number of fused-ring (bicyclic) bond motifs is 1. The lowest BCUT2D eigenvalue weighted by Gasteiger charge is -2.15. The number of amides is 1. The van der Waals surface area contributed by atoms with Crippen molar-refractivity contribution >= 4 is 38.3 Å². The maximum Gasteiger partial charge on any atom is 0.265 e. The van der Waals surface area contributed by atoms with E-state index in [1.165, 1.54) is 0 Å². The molecule has 0 unspecified atom stereocenters. The van der Waals surface area contributed by atoms with Gasteiger partial charge in [0.2, 0.25) is 0 Å². The van der Waals surface area contributed by atoms with Crippen molar-refractivity contribution in [3.05, 3.63) is 70.7 Å². The number of anilines is 1. The summed E-state index contributed by atoms with van der Waals surface area (Å²) in [5, 5.41) is 5.07. The molecule has 24 heavy (non-hydrogen) atoms. The summed E-state index contributed by atoms with van der Waals surface area (Å²) in [6.45, 7) is 3.74. The number of hydrogen-bond acceptors (Lipinski definition) is 2. The molecule has 0 heterocycles. The van der Waals surface area contributed by atoms with Crippen molar-refractivity contribution in [3.63, 3.8) is 0 Å². The molecular weight excluding hydrogens is 366 g/mol. The zero-order valence-electron chi connectivity index (χ0n) is 13.5. The van der Waals surface area contributed by atoms with Gasteiger partial charge >= 0.3 is 0 Å². The lowest BCUT2D eigenvalue weighted by Crippen LogP contribution is -2.30. The van der Waals surface area contributed by atoms with Gasteiger partial charge in [0, 0.05) is 10.2 Å². The molecule has 0 spiro atoms. The number of ether oxygens (including phenoxy) is 1. The third kappa shape index (κ3) is 3.95. The van der Waals surface area contributed by atoms with Crippen LogP contribution in [0.4, 0.5) is 5.69 Å². The van der Waals surface area contributed by atoms with E-state index in [0.29, 0.717) is 5.75 Å². The predicted octanol–water partition coefficient (Wildman–Crippen LogP) is 5.32. The molecule has 0 aliphatic carbocycles. The molecule has 0 bridgehead atoms. The second kappa shape index (κ2) is 7.05. The Labute approximate surface area is 149 Å². The highest BCUT2D eigenvalue weighted by atomic mass is 79.9. The van der Waals surface area contributed by atoms with E-state index in [4.69, 9.17) is 4.74 Å². The molecule has 3 nitrogen and oxygen atoms in total. The van der Waals surface area contributed by atoms with Crippen LogP contribution in [-0.4, -0.2) is 12.0 Å². The van der Waals surface area contributed by atoms with Crippen molar-refractivity contribution in [2.75, 3.05) is 5.32 Å². The van der Waals surface area contributed by atoms with Crippen molar-refractivity contribution in [3.8, 4) is 5.75 Å². The lowest BCUT2D eigenvalue weighted by molar-refractivity contribution is -0.122. The minimum atomic E-state index is -0.585. The molecule has 122 valence electrons. The van der Waals surface area contributed by atoms with Crippen LogP contribution < -0.4 is 10.1 Å². The van der Waals surface area contributed by atoms with Crippen LogP contribution in [0.3, 0.4) is 0 Å². The molecule has 3 aromatic rings. The molecule has 0 aromatic heterocycles. The van der Waals surface area contributed by atoms with E-state index in [1.54, 1.807) is 6.92 Å². The fraction of sp³-hybridized carbons (Fsp3) is 0.150. The molecule has 1 N–H and O–H groups in total. The minimum absolute atomic E-state index is 0.170. The van der Waals surface area contributed by atoms with Crippen molar-refractivity contribution < 1.29 is 9.53 Å². The Morgan fingerprint density at radius 3 is 2.58 bits per heavy atom. The van der Waals surface area contributed by atoms with E-state index in [1.807, 2.05) is 67.6 Å². The van der Waals surface area contributed by atoms with Crippen molar-refractivity contribution in [1.29, 1.82) is 0 Å². The third-order valence-electron chi connectivity index (χ3n) is 3.74. The highest BCUT2D eigenvalue weighted by Gasteiger charge is 2.15. The minimum Gasteiger partial charge on any atom is -0.481 e. The zero-order chi connectivity index (χ0) is 17.1. The van der Waals surface area contributed by atoms with Crippen LogP contribution in [0.15, 0.2) is 65.1 Å². The predicted molar refractivity (Wildman–Crippen MR) is 102 cm³/mol. The van der Waals surface area contributed by atoms with Crippen molar-refractivity contribution in [1.82, 2.24) is 0 Å². The number of aryl methyl sites for hydroxylation is 1. The smallest absolute Gasteiger partial charge is 0.265 e. The summed E-state index contributed by atoms with van der Waals surface area (Å²) in [5.74, 6) is 0.508. The number of carbonyl (C=O) groups is 1. The van der Waals surface area contributed by atoms with Crippen LogP contribution in [0.25, 0.3) is 10.8 Å². The van der Waals surface area contributed by atoms with Gasteiger partial charge in [0.1, 0.15) is 5.75 Å². The molecule has 1 amide bonds. The number of carbonyl (C=O) groups excluding carboxylic acids is 1. The fourth-order valence-electron chi connectivity index (χ4n) is 2.49. The van der Waals surface area contributed by atoms with Gasteiger partial charge in [-0.2, -0.15) is 0 Å². The Kier molecular flexibility index (Phi) is 4.86. The van der Waals surface area contributed by atoms with Gasteiger partial charge in [0.15, 0.2) is 6.10 Å². The normalized spacial score (nSPS) is 12.0. The molecule has 0 aliphatic rings. The average molecular weight is 384 g/mol. The van der Waals surface area contributed by atoms with Gasteiger partial charge in [-0.3, -0.25) is 4.79 Å². The zero-order valence-corrected chi connectivity index (χ0v) is 15.1. The second-order valence-corrected chi connectivity index (χ2v) is 6.69. The number of benzene rings is 3. The first-order valence-electron chi connectivity index (χ1n) is 7.75. The fourth-order valence-corrected chi connectivity index (χ4v) is 2.87. The van der Waals surface area contributed by atoms with Crippen LogP contribution >= 0.6 is 15.9 Å². The van der Waals surface area contributed by atoms with Crippen molar-refractivity contribution in [2.45, 2.75) is 20.0 Å². The standard InChI is InChI=1S/C20H18BrNO2/c1-13-4-3-5-18(10-13)22-20(23)14(2)24-19-9-7-15-11-17(21)8-6-16(15)12-19/h3-12,14H,1-2H3,(H,22,23)/t14-/m0/s1. The van der Waals surface area contributed by atoms with E-state index in [0.717, 1.165) is 26.5 Å². The molecule has 0 fully saturated rings. The van der Waals surface area contributed by atoms with Gasteiger partial charge in [-0.1, -0.05) is 40.2 Å². The highest BCUT2D eigenvalue weighted by molar-refractivity contribution is 9.10. The molecule has 0 radical (unpaired) electrons. The highest BCUT2D eigenvalue weighted by Crippen LogP contribution is 2.25. The van der Waals surface area contributed by atoms with Crippen molar-refractivity contribution in [2.24, 2.45) is 0 Å². The topological polar surface area (TPSA) is 38.3 Å². The Balaban J connectivity index is 1.70. The Bertz CT molecular complexity index is 892. The first-order valence-corrected chi connectivity index (χ1v) is 8.54. The lowest BCUT2D eigenvalue weighted by atomic mass is 10.1. The largest absolute Gasteiger partial charge is 0.481 e. The average Bonchev–Trinajstić information content (AvgIpc) is 2.55. The maximum atomic E-state index is 12.3. The van der Waals surface area contributed by atoms with Gasteiger partial charge < -0.3 is 10.1 Å². The number of nitrogens with one attached hydrogen (secondary N) is 1. The van der Waals surface area contributed by atoms with E-state index < -0.39 is 6.10 Å². The van der Waals surface area contributed by atoms with Gasteiger partial charge in [-0.25, -0.2) is 0 Å². The van der Waals surface area contributed by atoms with Gasteiger partial charge in [0.25, 0.3) is 5.91 Å².